The second-order valence-electron chi connectivity index (χ2n) is 10.7. The monoisotopic (exact) mass is 457 g/mol. The second-order valence-corrected chi connectivity index (χ2v) is 10.7. The summed E-state index contributed by atoms with van der Waals surface area (Å²) < 4.78 is 5.32. The molecule has 0 bridgehead atoms. The van der Waals surface area contributed by atoms with Gasteiger partial charge in [-0.1, -0.05) is 69.9 Å². The maximum Gasteiger partial charge on any atom is 0.305 e. The zero-order valence-electron chi connectivity index (χ0n) is 22.0. The third kappa shape index (κ3) is 11.6. The van der Waals surface area contributed by atoms with Crippen molar-refractivity contribution in [1.29, 1.82) is 0 Å². The number of hydrogen-bond acceptors (Lipinski definition) is 3. The molecule has 0 amide bonds. The number of esters is 1. The summed E-state index contributed by atoms with van der Waals surface area (Å²) in [5.41, 5.74) is 0. The normalized spacial score (nSPS) is 22.4. The van der Waals surface area contributed by atoms with Gasteiger partial charge in [0.25, 0.3) is 0 Å². The molecular weight excluding hydrogens is 406 g/mol. The first-order chi connectivity index (χ1) is 16.1. The van der Waals surface area contributed by atoms with E-state index in [4.69, 9.17) is 4.74 Å². The molecule has 0 radical (unpaired) electrons. The van der Waals surface area contributed by atoms with Gasteiger partial charge in [0.15, 0.2) is 0 Å². The molecule has 2 aliphatic carbocycles. The first kappa shape index (κ1) is 28.0. The summed E-state index contributed by atoms with van der Waals surface area (Å²) in [6.07, 6.45) is 24.6. The molecule has 3 heteroatoms. The van der Waals surface area contributed by atoms with Gasteiger partial charge in [-0.3, -0.25) is 4.79 Å². The highest BCUT2D eigenvalue weighted by Gasteiger charge is 2.35. The Morgan fingerprint density at radius 2 is 1.85 bits per heavy atom. The van der Waals surface area contributed by atoms with Crippen molar-refractivity contribution in [3.05, 3.63) is 12.2 Å². The van der Waals surface area contributed by atoms with Crippen molar-refractivity contribution in [2.75, 3.05) is 27.2 Å². The number of carbonyl (C=O) groups is 1. The Bertz CT molecular complexity index is 609. The summed E-state index contributed by atoms with van der Waals surface area (Å²) in [5, 5.41) is 0. The van der Waals surface area contributed by atoms with Gasteiger partial charge in [0.1, 0.15) is 6.61 Å². The predicted molar refractivity (Wildman–Crippen MR) is 140 cm³/mol. The molecule has 0 heterocycles. The smallest absolute Gasteiger partial charge is 0.305 e. The Kier molecular flexibility index (Phi) is 14.6. The number of hydrogen-bond donors (Lipinski definition) is 0. The van der Waals surface area contributed by atoms with E-state index in [0.717, 1.165) is 37.6 Å². The van der Waals surface area contributed by atoms with E-state index in [0.29, 0.717) is 24.9 Å². The van der Waals surface area contributed by atoms with Gasteiger partial charge in [-0.2, -0.15) is 0 Å². The Morgan fingerprint density at radius 3 is 2.61 bits per heavy atom. The molecule has 0 aromatic heterocycles. The van der Waals surface area contributed by atoms with Crippen LogP contribution in [0.4, 0.5) is 0 Å². The number of carbonyl (C=O) groups excluding carboxylic acids is 1. The van der Waals surface area contributed by atoms with E-state index in [1.165, 1.54) is 77.0 Å². The Hall–Kier alpha value is -1.27. The van der Waals surface area contributed by atoms with E-state index in [2.05, 4.69) is 30.9 Å². The number of unbranched alkanes of at least 4 members (excludes halogenated alkanes) is 5. The molecular formula is C30H51NO2. The van der Waals surface area contributed by atoms with Crippen LogP contribution in [0.5, 0.6) is 0 Å². The van der Waals surface area contributed by atoms with E-state index in [-0.39, 0.29) is 5.97 Å². The van der Waals surface area contributed by atoms with Crippen molar-refractivity contribution in [3.8, 4) is 11.8 Å². The Balaban J connectivity index is 1.85. The van der Waals surface area contributed by atoms with Gasteiger partial charge in [0.2, 0.25) is 0 Å². The van der Waals surface area contributed by atoms with E-state index < -0.39 is 0 Å². The zero-order chi connectivity index (χ0) is 23.7. The lowest BCUT2D eigenvalue weighted by Gasteiger charge is -2.34. The minimum absolute atomic E-state index is 0.0563. The maximum atomic E-state index is 11.9. The molecule has 0 N–H and O–H groups in total. The second kappa shape index (κ2) is 17.2. The van der Waals surface area contributed by atoms with Crippen LogP contribution in [-0.2, 0) is 9.53 Å². The molecule has 188 valence electrons. The van der Waals surface area contributed by atoms with Gasteiger partial charge < -0.3 is 9.64 Å². The fourth-order valence-electron chi connectivity index (χ4n) is 5.67. The van der Waals surface area contributed by atoms with Crippen LogP contribution in [0.1, 0.15) is 110 Å². The number of rotatable bonds is 14. The average Bonchev–Trinajstić information content (AvgIpc) is 3.27. The first-order valence-electron chi connectivity index (χ1n) is 14.1. The summed E-state index contributed by atoms with van der Waals surface area (Å²) in [5.74, 6) is 10.1. The van der Waals surface area contributed by atoms with Crippen molar-refractivity contribution in [3.63, 3.8) is 0 Å². The summed E-state index contributed by atoms with van der Waals surface area (Å²) >= 11 is 0. The van der Waals surface area contributed by atoms with Crippen LogP contribution in [-0.4, -0.2) is 38.1 Å². The van der Waals surface area contributed by atoms with Gasteiger partial charge in [0.05, 0.1) is 0 Å². The lowest BCUT2D eigenvalue weighted by molar-refractivity contribution is -0.144. The van der Waals surface area contributed by atoms with Crippen LogP contribution in [0.3, 0.4) is 0 Å². The third-order valence-electron chi connectivity index (χ3n) is 7.61. The standard InChI is InChI=1S/C30H51NO2/c1-4-5-6-7-8-11-17-27-20-16-22-29(27)28(26-18-12-9-13-19-26)21-14-10-15-23-30(32)33-25-24-31(2)3/h14,21,26-29H,4-10,12-13,15-16,18-20,22-25H2,1-3H3/t27-,28?,29-/m0/s1. The number of allylic oxidation sites excluding steroid dienone is 2. The van der Waals surface area contributed by atoms with Crippen molar-refractivity contribution in [1.82, 2.24) is 4.90 Å². The molecule has 3 nitrogen and oxygen atoms in total. The summed E-state index contributed by atoms with van der Waals surface area (Å²) in [6.45, 7) is 3.55. The Labute approximate surface area is 205 Å². The summed E-state index contributed by atoms with van der Waals surface area (Å²) in [7, 11) is 3.99. The highest BCUT2D eigenvalue weighted by Crippen LogP contribution is 2.44. The van der Waals surface area contributed by atoms with Gasteiger partial charge >= 0.3 is 5.97 Å². The minimum Gasteiger partial charge on any atom is -0.464 e. The SMILES string of the molecule is CCCCCCC#C[C@H]1CCC[C@@H]1C(C=CCCCC(=O)OCCN(C)C)C1CCCCC1. The van der Waals surface area contributed by atoms with Crippen LogP contribution in [0.25, 0.3) is 0 Å². The molecule has 0 saturated heterocycles. The van der Waals surface area contributed by atoms with Crippen LogP contribution < -0.4 is 0 Å². The maximum absolute atomic E-state index is 11.9. The third-order valence-corrected chi connectivity index (χ3v) is 7.61. The highest BCUT2D eigenvalue weighted by atomic mass is 16.5. The predicted octanol–water partition coefficient (Wildman–Crippen LogP) is 7.40. The van der Waals surface area contributed by atoms with Gasteiger partial charge in [-0.05, 0) is 76.8 Å². The topological polar surface area (TPSA) is 29.5 Å². The van der Waals surface area contributed by atoms with Crippen LogP contribution in [0, 0.1) is 35.5 Å². The molecule has 33 heavy (non-hydrogen) atoms. The van der Waals surface area contributed by atoms with Crippen LogP contribution in [0.2, 0.25) is 0 Å². The van der Waals surface area contributed by atoms with Crippen molar-refractivity contribution < 1.29 is 9.53 Å². The molecule has 0 spiro atoms. The molecule has 2 rings (SSSR count). The highest BCUT2D eigenvalue weighted by molar-refractivity contribution is 5.69. The van der Waals surface area contributed by atoms with Crippen LogP contribution >= 0.6 is 0 Å². The van der Waals surface area contributed by atoms with Crippen LogP contribution in [0.15, 0.2) is 12.2 Å². The van der Waals surface area contributed by atoms with Gasteiger partial charge in [-0.25, -0.2) is 0 Å². The molecule has 3 atom stereocenters. The largest absolute Gasteiger partial charge is 0.464 e. The summed E-state index contributed by atoms with van der Waals surface area (Å²) in [4.78, 5) is 14.0. The lowest BCUT2D eigenvalue weighted by Crippen LogP contribution is -2.26. The van der Waals surface area contributed by atoms with Crippen molar-refractivity contribution in [2.24, 2.45) is 23.7 Å². The summed E-state index contributed by atoms with van der Waals surface area (Å²) in [6, 6.07) is 0. The fraction of sp³-hybridized carbons (Fsp3) is 0.833. The minimum atomic E-state index is -0.0563. The van der Waals surface area contributed by atoms with Gasteiger partial charge in [-0.15, -0.1) is 5.92 Å². The molecule has 0 aromatic rings. The average molecular weight is 458 g/mol. The zero-order valence-corrected chi connectivity index (χ0v) is 22.0. The first-order valence-corrected chi connectivity index (χ1v) is 14.1. The molecule has 0 aliphatic heterocycles. The number of ether oxygens (including phenoxy) is 1. The van der Waals surface area contributed by atoms with E-state index in [1.54, 1.807) is 0 Å². The number of likely N-dealkylation sites (N-methyl/N-ethyl adjacent to an activating group) is 1. The van der Waals surface area contributed by atoms with Crippen molar-refractivity contribution >= 4 is 5.97 Å². The molecule has 0 aromatic carbocycles. The van der Waals surface area contributed by atoms with Crippen molar-refractivity contribution in [2.45, 2.75) is 110 Å². The molecule has 2 fully saturated rings. The number of nitrogens with zero attached hydrogens (tertiary/aromatic N) is 1. The van der Waals surface area contributed by atoms with E-state index in [1.807, 2.05) is 19.0 Å². The fourth-order valence-corrected chi connectivity index (χ4v) is 5.67. The molecule has 1 unspecified atom stereocenters. The van der Waals surface area contributed by atoms with E-state index in [9.17, 15) is 4.79 Å². The molecule has 2 aliphatic rings. The quantitative estimate of drug-likeness (QED) is 0.118. The van der Waals surface area contributed by atoms with Gasteiger partial charge in [0, 0.05) is 25.3 Å². The van der Waals surface area contributed by atoms with E-state index >= 15 is 0 Å². The molecule has 2 saturated carbocycles. The Morgan fingerprint density at radius 1 is 1.03 bits per heavy atom. The lowest BCUT2D eigenvalue weighted by atomic mass is 9.71.